The van der Waals surface area contributed by atoms with Crippen LogP contribution < -0.4 is 5.32 Å². The fourth-order valence-corrected chi connectivity index (χ4v) is 2.56. The van der Waals surface area contributed by atoms with Crippen LogP contribution in [0.3, 0.4) is 0 Å². The smallest absolute Gasteiger partial charge is 0.246 e. The standard InChI is InChI=1S/C15H19N3O/c1-15(2,16-3)14-17-13(18-19-14)12-9-8-10-6-4-5-7-11(10)12/h4-7,12,16H,8-9H2,1-3H3. The van der Waals surface area contributed by atoms with Crippen molar-refractivity contribution in [2.24, 2.45) is 0 Å². The maximum absolute atomic E-state index is 5.42. The molecule has 0 saturated carbocycles. The van der Waals surface area contributed by atoms with Gasteiger partial charge in [-0.3, -0.25) is 0 Å². The van der Waals surface area contributed by atoms with Gasteiger partial charge in [0.05, 0.1) is 5.54 Å². The first-order valence-corrected chi connectivity index (χ1v) is 6.72. The molecule has 4 nitrogen and oxygen atoms in total. The lowest BCUT2D eigenvalue weighted by molar-refractivity contribution is 0.279. The molecular formula is C15H19N3O. The minimum absolute atomic E-state index is 0.279. The molecule has 1 unspecified atom stereocenters. The summed E-state index contributed by atoms with van der Waals surface area (Å²) in [5.74, 6) is 1.74. The largest absolute Gasteiger partial charge is 0.337 e. The topological polar surface area (TPSA) is 51.0 Å². The number of benzene rings is 1. The molecular weight excluding hydrogens is 238 g/mol. The highest BCUT2D eigenvalue weighted by Gasteiger charge is 2.31. The predicted molar refractivity (Wildman–Crippen MR) is 73.0 cm³/mol. The van der Waals surface area contributed by atoms with Gasteiger partial charge < -0.3 is 9.84 Å². The second-order valence-corrected chi connectivity index (χ2v) is 5.62. The van der Waals surface area contributed by atoms with Crippen LogP contribution in [0.2, 0.25) is 0 Å². The van der Waals surface area contributed by atoms with Crippen molar-refractivity contribution in [2.45, 2.75) is 38.1 Å². The van der Waals surface area contributed by atoms with E-state index in [0.717, 1.165) is 18.7 Å². The Morgan fingerprint density at radius 1 is 1.32 bits per heavy atom. The van der Waals surface area contributed by atoms with Crippen LogP contribution in [0, 0.1) is 0 Å². The normalized spacial score (nSPS) is 18.6. The Kier molecular flexibility index (Phi) is 2.90. The van der Waals surface area contributed by atoms with Crippen LogP contribution in [0.1, 0.15) is 49.0 Å². The lowest BCUT2D eigenvalue weighted by atomic mass is 10.0. The maximum Gasteiger partial charge on any atom is 0.246 e. The zero-order valence-electron chi connectivity index (χ0n) is 11.6. The summed E-state index contributed by atoms with van der Waals surface area (Å²) in [4.78, 5) is 4.59. The van der Waals surface area contributed by atoms with E-state index in [9.17, 15) is 0 Å². The highest BCUT2D eigenvalue weighted by atomic mass is 16.5. The fraction of sp³-hybridized carbons (Fsp3) is 0.467. The van der Waals surface area contributed by atoms with Crippen LogP contribution in [-0.4, -0.2) is 17.2 Å². The van der Waals surface area contributed by atoms with E-state index in [1.165, 1.54) is 11.1 Å². The van der Waals surface area contributed by atoms with E-state index in [1.54, 1.807) is 0 Å². The van der Waals surface area contributed by atoms with Gasteiger partial charge in [-0.1, -0.05) is 29.4 Å². The molecule has 0 bridgehead atoms. The molecule has 1 aliphatic carbocycles. The predicted octanol–water partition coefficient (Wildman–Crippen LogP) is 2.60. The SMILES string of the molecule is CNC(C)(C)c1nc(C2CCc3ccccc32)no1. The second-order valence-electron chi connectivity index (χ2n) is 5.62. The molecule has 2 aromatic rings. The van der Waals surface area contributed by atoms with E-state index in [-0.39, 0.29) is 11.5 Å². The Morgan fingerprint density at radius 3 is 2.89 bits per heavy atom. The van der Waals surface area contributed by atoms with E-state index in [2.05, 4.69) is 39.7 Å². The molecule has 0 spiro atoms. The molecule has 1 aromatic heterocycles. The first-order chi connectivity index (χ1) is 9.12. The highest BCUT2D eigenvalue weighted by molar-refractivity contribution is 5.38. The third-order valence-electron chi connectivity index (χ3n) is 4.05. The van der Waals surface area contributed by atoms with Gasteiger partial charge in [-0.25, -0.2) is 0 Å². The fourth-order valence-electron chi connectivity index (χ4n) is 2.56. The first kappa shape index (κ1) is 12.4. The van der Waals surface area contributed by atoms with Gasteiger partial charge >= 0.3 is 0 Å². The van der Waals surface area contributed by atoms with Gasteiger partial charge in [-0.05, 0) is 44.9 Å². The van der Waals surface area contributed by atoms with E-state index in [4.69, 9.17) is 4.52 Å². The number of hydrogen-bond donors (Lipinski definition) is 1. The minimum Gasteiger partial charge on any atom is -0.337 e. The lowest BCUT2D eigenvalue weighted by Gasteiger charge is -2.18. The molecule has 4 heteroatoms. The number of rotatable bonds is 3. The second kappa shape index (κ2) is 4.46. The Morgan fingerprint density at radius 2 is 2.11 bits per heavy atom. The third-order valence-corrected chi connectivity index (χ3v) is 4.05. The Bertz CT molecular complexity index is 589. The van der Waals surface area contributed by atoms with Crippen molar-refractivity contribution in [3.8, 4) is 0 Å². The van der Waals surface area contributed by atoms with Crippen LogP contribution in [-0.2, 0) is 12.0 Å². The van der Waals surface area contributed by atoms with Gasteiger partial charge in [0.25, 0.3) is 0 Å². The summed E-state index contributed by atoms with van der Waals surface area (Å²) in [5.41, 5.74) is 2.47. The summed E-state index contributed by atoms with van der Waals surface area (Å²) >= 11 is 0. The summed E-state index contributed by atoms with van der Waals surface area (Å²) in [7, 11) is 1.90. The molecule has 3 rings (SSSR count). The lowest BCUT2D eigenvalue weighted by Crippen LogP contribution is -2.33. The Balaban J connectivity index is 1.93. The summed E-state index contributed by atoms with van der Waals surface area (Å²) < 4.78 is 5.42. The number of nitrogens with one attached hydrogen (secondary N) is 1. The zero-order valence-corrected chi connectivity index (χ0v) is 11.6. The number of aryl methyl sites for hydroxylation is 1. The van der Waals surface area contributed by atoms with Gasteiger partial charge in [0.15, 0.2) is 5.82 Å². The molecule has 100 valence electrons. The summed E-state index contributed by atoms with van der Waals surface area (Å²) in [6.45, 7) is 4.07. The van der Waals surface area contributed by atoms with E-state index in [1.807, 2.05) is 20.9 Å². The Labute approximate surface area is 113 Å². The van der Waals surface area contributed by atoms with Crippen molar-refractivity contribution < 1.29 is 4.52 Å². The van der Waals surface area contributed by atoms with Crippen LogP contribution in [0.25, 0.3) is 0 Å². The summed E-state index contributed by atoms with van der Waals surface area (Å²) in [6.07, 6.45) is 2.17. The van der Waals surface area contributed by atoms with Gasteiger partial charge in [-0.2, -0.15) is 4.98 Å². The van der Waals surface area contributed by atoms with Crippen molar-refractivity contribution in [3.63, 3.8) is 0 Å². The van der Waals surface area contributed by atoms with Gasteiger partial charge in [0.2, 0.25) is 5.89 Å². The number of aromatic nitrogens is 2. The number of nitrogens with zero attached hydrogens (tertiary/aromatic N) is 2. The molecule has 1 heterocycles. The van der Waals surface area contributed by atoms with Gasteiger partial charge in [0.1, 0.15) is 0 Å². The Hall–Kier alpha value is -1.68. The van der Waals surface area contributed by atoms with Crippen LogP contribution in [0.15, 0.2) is 28.8 Å². The first-order valence-electron chi connectivity index (χ1n) is 6.72. The molecule has 1 N–H and O–H groups in total. The van der Waals surface area contributed by atoms with Gasteiger partial charge in [0, 0.05) is 5.92 Å². The third kappa shape index (κ3) is 2.06. The van der Waals surface area contributed by atoms with Crippen LogP contribution >= 0.6 is 0 Å². The average Bonchev–Trinajstić information content (AvgIpc) is 3.05. The molecule has 1 aliphatic rings. The van der Waals surface area contributed by atoms with Gasteiger partial charge in [-0.15, -0.1) is 0 Å². The van der Waals surface area contributed by atoms with E-state index >= 15 is 0 Å². The molecule has 0 fully saturated rings. The van der Waals surface area contributed by atoms with Crippen LogP contribution in [0.5, 0.6) is 0 Å². The zero-order chi connectivity index (χ0) is 13.5. The molecule has 1 atom stereocenters. The van der Waals surface area contributed by atoms with E-state index < -0.39 is 0 Å². The van der Waals surface area contributed by atoms with E-state index in [0.29, 0.717) is 5.89 Å². The number of fused-ring (bicyclic) bond motifs is 1. The molecule has 19 heavy (non-hydrogen) atoms. The van der Waals surface area contributed by atoms with Crippen molar-refractivity contribution in [1.82, 2.24) is 15.5 Å². The molecule has 0 aliphatic heterocycles. The monoisotopic (exact) mass is 257 g/mol. The van der Waals surface area contributed by atoms with Crippen molar-refractivity contribution in [1.29, 1.82) is 0 Å². The van der Waals surface area contributed by atoms with Crippen molar-refractivity contribution in [3.05, 3.63) is 47.1 Å². The summed E-state index contributed by atoms with van der Waals surface area (Å²) in [6, 6.07) is 8.53. The van der Waals surface area contributed by atoms with Crippen molar-refractivity contribution >= 4 is 0 Å². The minimum atomic E-state index is -0.288. The number of hydrogen-bond acceptors (Lipinski definition) is 4. The molecule has 0 radical (unpaired) electrons. The maximum atomic E-state index is 5.42. The van der Waals surface area contributed by atoms with Crippen LogP contribution in [0.4, 0.5) is 0 Å². The quantitative estimate of drug-likeness (QED) is 0.918. The van der Waals surface area contributed by atoms with Crippen molar-refractivity contribution in [2.75, 3.05) is 7.05 Å². The molecule has 1 aromatic carbocycles. The highest BCUT2D eigenvalue weighted by Crippen LogP contribution is 2.37. The average molecular weight is 257 g/mol. The molecule has 0 amide bonds. The summed E-state index contributed by atoms with van der Waals surface area (Å²) in [5, 5.41) is 7.37. The molecule has 0 saturated heterocycles.